The molecule has 1 aromatic carbocycles. The normalized spacial score (nSPS) is 11.7. The fourth-order valence-corrected chi connectivity index (χ4v) is 1.33. The van der Waals surface area contributed by atoms with E-state index in [2.05, 4.69) is 5.32 Å². The molecule has 0 bridgehead atoms. The molecule has 0 fully saturated rings. The molecule has 1 N–H and O–H groups in total. The van der Waals surface area contributed by atoms with E-state index in [9.17, 15) is 9.59 Å². The van der Waals surface area contributed by atoms with Gasteiger partial charge in [0.25, 0.3) is 0 Å². The first-order valence-corrected chi connectivity index (χ1v) is 6.39. The zero-order valence-corrected chi connectivity index (χ0v) is 12.5. The third-order valence-electron chi connectivity index (χ3n) is 2.28. The molecule has 0 aliphatic carbocycles. The summed E-state index contributed by atoms with van der Waals surface area (Å²) in [6.45, 7) is 8.43. The van der Waals surface area contributed by atoms with E-state index in [4.69, 9.17) is 9.47 Å². The van der Waals surface area contributed by atoms with Gasteiger partial charge in [0.2, 0.25) is 0 Å². The maximum atomic E-state index is 12.0. The van der Waals surface area contributed by atoms with Crippen molar-refractivity contribution < 1.29 is 19.1 Å². The van der Waals surface area contributed by atoms with Gasteiger partial charge in [-0.3, -0.25) is 0 Å². The average Bonchev–Trinajstić information content (AvgIpc) is 2.26. The number of hydrogen-bond donors (Lipinski definition) is 1. The van der Waals surface area contributed by atoms with E-state index in [1.165, 1.54) is 0 Å². The molecule has 0 aromatic heterocycles. The minimum atomic E-state index is -1.17. The van der Waals surface area contributed by atoms with Crippen molar-refractivity contribution in [1.82, 2.24) is 5.32 Å². The van der Waals surface area contributed by atoms with E-state index < -0.39 is 23.2 Å². The van der Waals surface area contributed by atoms with Crippen LogP contribution in [0.1, 0.15) is 34.6 Å². The number of hydrogen-bond acceptors (Lipinski definition) is 4. The predicted octanol–water partition coefficient (Wildman–Crippen LogP) is 2.90. The van der Waals surface area contributed by atoms with E-state index in [-0.39, 0.29) is 0 Å². The molecule has 5 nitrogen and oxygen atoms in total. The van der Waals surface area contributed by atoms with Gasteiger partial charge in [-0.1, -0.05) is 18.2 Å². The average molecular weight is 279 g/mol. The van der Waals surface area contributed by atoms with Crippen LogP contribution in [0.15, 0.2) is 30.3 Å². The molecule has 0 aliphatic rings. The van der Waals surface area contributed by atoms with Crippen molar-refractivity contribution in [3.05, 3.63) is 30.3 Å². The number of nitrogens with one attached hydrogen (secondary N) is 1. The Bertz CT molecular complexity index is 474. The Balaban J connectivity index is 2.61. The molecule has 110 valence electrons. The Morgan fingerprint density at radius 2 is 1.55 bits per heavy atom. The summed E-state index contributed by atoms with van der Waals surface area (Å²) in [6.07, 6.45) is -0.702. The van der Waals surface area contributed by atoms with Gasteiger partial charge in [-0.05, 0) is 46.8 Å². The Labute approximate surface area is 119 Å². The summed E-state index contributed by atoms with van der Waals surface area (Å²) < 4.78 is 10.3. The topological polar surface area (TPSA) is 64.6 Å². The van der Waals surface area contributed by atoms with Crippen LogP contribution >= 0.6 is 0 Å². The van der Waals surface area contributed by atoms with E-state index >= 15 is 0 Å². The number of benzene rings is 1. The van der Waals surface area contributed by atoms with E-state index in [1.807, 2.05) is 6.07 Å². The second-order valence-electron chi connectivity index (χ2n) is 5.95. The molecule has 0 saturated carbocycles. The monoisotopic (exact) mass is 279 g/mol. The summed E-state index contributed by atoms with van der Waals surface area (Å²) >= 11 is 0. The lowest BCUT2D eigenvalue weighted by molar-refractivity contribution is -0.161. The Kier molecular flexibility index (Phi) is 4.76. The standard InChI is InChI=1S/C15H21NO4/c1-14(2,3)20-12(17)15(4,5)16-13(18)19-11-9-7-6-8-10-11/h6-10H,1-5H3,(H,16,18). The highest BCUT2D eigenvalue weighted by Gasteiger charge is 2.34. The Hall–Kier alpha value is -2.04. The minimum Gasteiger partial charge on any atom is -0.458 e. The van der Waals surface area contributed by atoms with E-state index in [0.29, 0.717) is 5.75 Å². The van der Waals surface area contributed by atoms with Crippen LogP contribution in [0, 0.1) is 0 Å². The predicted molar refractivity (Wildman–Crippen MR) is 75.5 cm³/mol. The maximum Gasteiger partial charge on any atom is 0.413 e. The van der Waals surface area contributed by atoms with Crippen LogP contribution in [0.2, 0.25) is 0 Å². The number of carbonyl (C=O) groups is 2. The van der Waals surface area contributed by atoms with Crippen molar-refractivity contribution in [2.45, 2.75) is 45.8 Å². The quantitative estimate of drug-likeness (QED) is 0.864. The molecule has 0 heterocycles. The van der Waals surface area contributed by atoms with Gasteiger partial charge < -0.3 is 14.8 Å². The summed E-state index contributed by atoms with van der Waals surface area (Å²) in [4.78, 5) is 23.7. The highest BCUT2D eigenvalue weighted by molar-refractivity contribution is 5.85. The van der Waals surface area contributed by atoms with Gasteiger partial charge in [0.15, 0.2) is 0 Å². The van der Waals surface area contributed by atoms with E-state index in [1.54, 1.807) is 58.9 Å². The van der Waals surface area contributed by atoms with Gasteiger partial charge in [-0.2, -0.15) is 0 Å². The fourth-order valence-electron chi connectivity index (χ4n) is 1.33. The number of amides is 1. The first-order valence-electron chi connectivity index (χ1n) is 6.39. The third-order valence-corrected chi connectivity index (χ3v) is 2.28. The van der Waals surface area contributed by atoms with Crippen LogP contribution in [0.25, 0.3) is 0 Å². The molecule has 0 radical (unpaired) electrons. The number of ether oxygens (including phenoxy) is 2. The van der Waals surface area contributed by atoms with Gasteiger partial charge in [-0.15, -0.1) is 0 Å². The largest absolute Gasteiger partial charge is 0.458 e. The molecule has 0 saturated heterocycles. The first kappa shape index (κ1) is 16.0. The summed E-state index contributed by atoms with van der Waals surface area (Å²) in [5.74, 6) is -0.111. The molecule has 1 amide bonds. The van der Waals surface area contributed by atoms with Crippen LogP contribution in [-0.4, -0.2) is 23.2 Å². The van der Waals surface area contributed by atoms with Crippen LogP contribution < -0.4 is 10.1 Å². The van der Waals surface area contributed by atoms with E-state index in [0.717, 1.165) is 0 Å². The maximum absolute atomic E-state index is 12.0. The number of carbonyl (C=O) groups excluding carboxylic acids is 2. The van der Waals surface area contributed by atoms with Gasteiger partial charge >= 0.3 is 12.1 Å². The van der Waals surface area contributed by atoms with Crippen LogP contribution in [0.4, 0.5) is 4.79 Å². The van der Waals surface area contributed by atoms with Gasteiger partial charge in [0.1, 0.15) is 16.9 Å². The lowest BCUT2D eigenvalue weighted by atomic mass is 10.1. The zero-order chi connectivity index (χ0) is 15.4. The zero-order valence-electron chi connectivity index (χ0n) is 12.5. The van der Waals surface area contributed by atoms with Gasteiger partial charge in [0.05, 0.1) is 0 Å². The first-order chi connectivity index (χ1) is 9.10. The molecule has 0 aliphatic heterocycles. The third kappa shape index (κ3) is 5.30. The van der Waals surface area contributed by atoms with Crippen LogP contribution in [0.5, 0.6) is 5.75 Å². The Morgan fingerprint density at radius 3 is 2.05 bits per heavy atom. The van der Waals surface area contributed by atoms with Crippen molar-refractivity contribution in [3.8, 4) is 5.75 Å². The molecule has 0 atom stereocenters. The summed E-state index contributed by atoms with van der Waals surface area (Å²) in [7, 11) is 0. The van der Waals surface area contributed by atoms with Crippen LogP contribution in [0.3, 0.4) is 0 Å². The number of esters is 1. The molecule has 0 unspecified atom stereocenters. The molecule has 5 heteroatoms. The molecule has 20 heavy (non-hydrogen) atoms. The van der Waals surface area contributed by atoms with Crippen molar-refractivity contribution in [1.29, 1.82) is 0 Å². The Morgan fingerprint density at radius 1 is 1.00 bits per heavy atom. The summed E-state index contributed by atoms with van der Waals surface area (Å²) in [5, 5.41) is 2.49. The lowest BCUT2D eigenvalue weighted by Crippen LogP contribution is -2.53. The van der Waals surface area contributed by atoms with Crippen molar-refractivity contribution >= 4 is 12.1 Å². The van der Waals surface area contributed by atoms with Crippen molar-refractivity contribution in [3.63, 3.8) is 0 Å². The molecule has 0 spiro atoms. The molecule has 1 rings (SSSR count). The molecular weight excluding hydrogens is 258 g/mol. The highest BCUT2D eigenvalue weighted by Crippen LogP contribution is 2.15. The highest BCUT2D eigenvalue weighted by atomic mass is 16.6. The van der Waals surface area contributed by atoms with Crippen molar-refractivity contribution in [2.24, 2.45) is 0 Å². The van der Waals surface area contributed by atoms with Gasteiger partial charge in [-0.25, -0.2) is 9.59 Å². The summed E-state index contributed by atoms with van der Waals surface area (Å²) in [5.41, 5.74) is -1.78. The van der Waals surface area contributed by atoms with Crippen LogP contribution in [-0.2, 0) is 9.53 Å². The smallest absolute Gasteiger partial charge is 0.413 e. The minimum absolute atomic E-state index is 0.407. The lowest BCUT2D eigenvalue weighted by Gasteiger charge is -2.28. The number of rotatable bonds is 3. The van der Waals surface area contributed by atoms with Crippen molar-refractivity contribution in [2.75, 3.05) is 0 Å². The second kappa shape index (κ2) is 5.94. The SMILES string of the molecule is CC(C)(C)OC(=O)C(C)(C)NC(=O)Oc1ccccc1. The second-order valence-corrected chi connectivity index (χ2v) is 5.95. The number of para-hydroxylation sites is 1. The molecular formula is C15H21NO4. The summed E-state index contributed by atoms with van der Waals surface area (Å²) in [6, 6.07) is 8.62. The molecule has 1 aromatic rings. The van der Waals surface area contributed by atoms with Gasteiger partial charge in [0, 0.05) is 0 Å². The fraction of sp³-hybridized carbons (Fsp3) is 0.467.